The van der Waals surface area contributed by atoms with E-state index in [1.165, 1.54) is 7.11 Å². The molecule has 0 fully saturated rings. The van der Waals surface area contributed by atoms with Crippen molar-refractivity contribution >= 4 is 23.2 Å². The number of hydrogen-bond acceptors (Lipinski definition) is 4. The number of anilines is 1. The van der Waals surface area contributed by atoms with Gasteiger partial charge in [0.1, 0.15) is 11.3 Å². The molecule has 1 N–H and O–H groups in total. The molecular weight excluding hydrogens is 318 g/mol. The number of amides is 1. The lowest BCUT2D eigenvalue weighted by atomic mass is 10.1. The second kappa shape index (κ2) is 6.76. The monoisotopic (exact) mass is 337 g/mol. The number of rotatable bonds is 4. The Morgan fingerprint density at radius 3 is 2.72 bits per heavy atom. The van der Waals surface area contributed by atoms with E-state index in [0.29, 0.717) is 29.1 Å². The number of esters is 1. The van der Waals surface area contributed by atoms with Gasteiger partial charge in [-0.15, -0.1) is 0 Å². The Kier molecular flexibility index (Phi) is 4.52. The zero-order valence-corrected chi connectivity index (χ0v) is 14.4. The van der Waals surface area contributed by atoms with Crippen LogP contribution in [-0.2, 0) is 11.2 Å². The van der Waals surface area contributed by atoms with Gasteiger partial charge in [-0.1, -0.05) is 19.1 Å². The van der Waals surface area contributed by atoms with Crippen molar-refractivity contribution in [3.05, 3.63) is 65.1 Å². The Hall–Kier alpha value is -3.15. The molecule has 0 aliphatic carbocycles. The summed E-state index contributed by atoms with van der Waals surface area (Å²) in [6.45, 7) is 3.93. The fourth-order valence-electron chi connectivity index (χ4n) is 2.74. The average Bonchev–Trinajstić information content (AvgIpc) is 2.99. The third-order valence-electron chi connectivity index (χ3n) is 3.98. The molecule has 0 spiro atoms. The Bertz CT molecular complexity index is 960. The van der Waals surface area contributed by atoms with Gasteiger partial charge in [0.25, 0.3) is 5.91 Å². The third-order valence-corrected chi connectivity index (χ3v) is 3.98. The molecule has 25 heavy (non-hydrogen) atoms. The Morgan fingerprint density at radius 2 is 2.00 bits per heavy atom. The number of ether oxygens (including phenoxy) is 1. The lowest BCUT2D eigenvalue weighted by Gasteiger charge is -2.10. The van der Waals surface area contributed by atoms with Crippen LogP contribution in [0.25, 0.3) is 5.65 Å². The molecule has 0 saturated heterocycles. The molecule has 0 unspecified atom stereocenters. The van der Waals surface area contributed by atoms with Gasteiger partial charge < -0.3 is 10.1 Å². The number of aromatic nitrogens is 2. The molecule has 128 valence electrons. The van der Waals surface area contributed by atoms with E-state index in [1.54, 1.807) is 28.7 Å². The summed E-state index contributed by atoms with van der Waals surface area (Å²) in [5.41, 5.74) is 3.69. The molecule has 0 aliphatic heterocycles. The molecule has 0 radical (unpaired) electrons. The summed E-state index contributed by atoms with van der Waals surface area (Å²) in [6.07, 6.45) is 2.46. The van der Waals surface area contributed by atoms with Crippen LogP contribution in [0.1, 0.15) is 39.0 Å². The summed E-state index contributed by atoms with van der Waals surface area (Å²) >= 11 is 0. The van der Waals surface area contributed by atoms with Gasteiger partial charge in [0.2, 0.25) is 0 Å². The molecular formula is C19H19N3O3. The van der Waals surface area contributed by atoms with Crippen molar-refractivity contribution < 1.29 is 14.3 Å². The molecule has 0 aliphatic rings. The normalized spacial score (nSPS) is 10.7. The Morgan fingerprint density at radius 1 is 1.24 bits per heavy atom. The minimum Gasteiger partial charge on any atom is -0.465 e. The smallest absolute Gasteiger partial charge is 0.339 e. The number of hydrogen-bond donors (Lipinski definition) is 1. The standard InChI is InChI=1S/C19H19N3O3/c1-4-14-17(22-10-9-12(2)11-16(22)20-14)18(23)21-15-8-6-5-7-13(15)19(24)25-3/h5-11H,4H2,1-3H3,(H,21,23). The zero-order valence-electron chi connectivity index (χ0n) is 14.4. The number of imidazole rings is 1. The second-order valence-corrected chi connectivity index (χ2v) is 5.68. The maximum atomic E-state index is 12.9. The van der Waals surface area contributed by atoms with E-state index in [1.807, 2.05) is 32.2 Å². The van der Waals surface area contributed by atoms with E-state index in [0.717, 1.165) is 11.2 Å². The Labute approximate surface area is 145 Å². The van der Waals surface area contributed by atoms with Crippen molar-refractivity contribution in [2.45, 2.75) is 20.3 Å². The van der Waals surface area contributed by atoms with Gasteiger partial charge in [0.15, 0.2) is 0 Å². The van der Waals surface area contributed by atoms with Gasteiger partial charge in [-0.25, -0.2) is 9.78 Å². The number of nitrogens with one attached hydrogen (secondary N) is 1. The summed E-state index contributed by atoms with van der Waals surface area (Å²) in [5, 5.41) is 2.81. The van der Waals surface area contributed by atoms with Crippen LogP contribution in [0.5, 0.6) is 0 Å². The van der Waals surface area contributed by atoms with Crippen LogP contribution in [0, 0.1) is 6.92 Å². The van der Waals surface area contributed by atoms with Crippen LogP contribution in [0.3, 0.4) is 0 Å². The maximum absolute atomic E-state index is 12.9. The summed E-state index contributed by atoms with van der Waals surface area (Å²) < 4.78 is 6.54. The van der Waals surface area contributed by atoms with Gasteiger partial charge in [0.05, 0.1) is 24.1 Å². The largest absolute Gasteiger partial charge is 0.465 e. The molecule has 6 nitrogen and oxygen atoms in total. The molecule has 0 bridgehead atoms. The number of nitrogens with zero attached hydrogens (tertiary/aromatic N) is 2. The summed E-state index contributed by atoms with van der Waals surface area (Å²) in [7, 11) is 1.31. The van der Waals surface area contributed by atoms with E-state index >= 15 is 0 Å². The van der Waals surface area contributed by atoms with Crippen molar-refractivity contribution in [3.63, 3.8) is 0 Å². The first kappa shape index (κ1) is 16.7. The number of benzene rings is 1. The van der Waals surface area contributed by atoms with Crippen LogP contribution < -0.4 is 5.32 Å². The summed E-state index contributed by atoms with van der Waals surface area (Å²) in [6, 6.07) is 10.6. The number of methoxy groups -OCH3 is 1. The number of carbonyl (C=O) groups excluding carboxylic acids is 2. The van der Waals surface area contributed by atoms with Crippen molar-refractivity contribution in [2.75, 3.05) is 12.4 Å². The summed E-state index contributed by atoms with van der Waals surface area (Å²) in [4.78, 5) is 29.3. The van der Waals surface area contributed by atoms with Crippen molar-refractivity contribution in [1.82, 2.24) is 9.38 Å². The van der Waals surface area contributed by atoms with Crippen LogP contribution >= 0.6 is 0 Å². The Balaban J connectivity index is 2.03. The van der Waals surface area contributed by atoms with E-state index in [-0.39, 0.29) is 5.91 Å². The minimum atomic E-state index is -0.500. The number of fused-ring (bicyclic) bond motifs is 1. The third kappa shape index (κ3) is 3.10. The number of para-hydroxylation sites is 1. The van der Waals surface area contributed by atoms with Gasteiger partial charge in [0, 0.05) is 6.20 Å². The van der Waals surface area contributed by atoms with Crippen molar-refractivity contribution in [2.24, 2.45) is 0 Å². The zero-order chi connectivity index (χ0) is 18.0. The molecule has 0 saturated carbocycles. The quantitative estimate of drug-likeness (QED) is 0.742. The predicted octanol–water partition coefficient (Wildman–Crippen LogP) is 3.24. The molecule has 2 aromatic heterocycles. The van der Waals surface area contributed by atoms with Gasteiger partial charge in [-0.3, -0.25) is 9.20 Å². The molecule has 1 aromatic carbocycles. The first-order chi connectivity index (χ1) is 12.0. The van der Waals surface area contributed by atoms with E-state index in [4.69, 9.17) is 4.74 Å². The number of pyridine rings is 1. The van der Waals surface area contributed by atoms with Gasteiger partial charge >= 0.3 is 5.97 Å². The highest BCUT2D eigenvalue weighted by molar-refractivity contribution is 6.08. The topological polar surface area (TPSA) is 72.7 Å². The van der Waals surface area contributed by atoms with Crippen molar-refractivity contribution in [3.8, 4) is 0 Å². The fourth-order valence-corrected chi connectivity index (χ4v) is 2.74. The minimum absolute atomic E-state index is 0.307. The summed E-state index contributed by atoms with van der Waals surface area (Å²) in [5.74, 6) is -0.815. The van der Waals surface area contributed by atoms with Crippen molar-refractivity contribution in [1.29, 1.82) is 0 Å². The lowest BCUT2D eigenvalue weighted by molar-refractivity contribution is 0.0602. The van der Waals surface area contributed by atoms with Gasteiger partial charge in [-0.2, -0.15) is 0 Å². The molecule has 1 amide bonds. The highest BCUT2D eigenvalue weighted by Crippen LogP contribution is 2.20. The first-order valence-corrected chi connectivity index (χ1v) is 8.01. The molecule has 3 rings (SSSR count). The molecule has 0 atom stereocenters. The molecule has 6 heteroatoms. The first-order valence-electron chi connectivity index (χ1n) is 8.01. The lowest BCUT2D eigenvalue weighted by Crippen LogP contribution is -2.18. The van der Waals surface area contributed by atoms with Crippen LogP contribution in [0.15, 0.2) is 42.6 Å². The number of carbonyl (C=O) groups is 2. The van der Waals surface area contributed by atoms with E-state index < -0.39 is 5.97 Å². The van der Waals surface area contributed by atoms with Crippen LogP contribution in [0.4, 0.5) is 5.69 Å². The van der Waals surface area contributed by atoms with Crippen LogP contribution in [-0.4, -0.2) is 28.4 Å². The average molecular weight is 337 g/mol. The SMILES string of the molecule is CCc1nc2cc(C)ccn2c1C(=O)Nc1ccccc1C(=O)OC. The molecule has 2 heterocycles. The van der Waals surface area contributed by atoms with Gasteiger partial charge in [-0.05, 0) is 43.2 Å². The van der Waals surface area contributed by atoms with Crippen LogP contribution in [0.2, 0.25) is 0 Å². The maximum Gasteiger partial charge on any atom is 0.339 e. The second-order valence-electron chi connectivity index (χ2n) is 5.68. The van der Waals surface area contributed by atoms with E-state index in [9.17, 15) is 9.59 Å². The predicted molar refractivity (Wildman–Crippen MR) is 95.0 cm³/mol. The number of aryl methyl sites for hydroxylation is 2. The highest BCUT2D eigenvalue weighted by atomic mass is 16.5. The van der Waals surface area contributed by atoms with E-state index in [2.05, 4.69) is 10.3 Å². The fraction of sp³-hybridized carbons (Fsp3) is 0.211. The molecule has 3 aromatic rings. The highest BCUT2D eigenvalue weighted by Gasteiger charge is 2.20.